The van der Waals surface area contributed by atoms with Crippen LogP contribution in [-0.4, -0.2) is 29.1 Å². The molecule has 0 radical (unpaired) electrons. The van der Waals surface area contributed by atoms with E-state index in [1.54, 1.807) is 0 Å². The number of carbonyl (C=O) groups is 1. The maximum atomic E-state index is 14.5. The second-order valence-corrected chi connectivity index (χ2v) is 5.29. The first-order valence-corrected chi connectivity index (χ1v) is 7.06. The van der Waals surface area contributed by atoms with Gasteiger partial charge in [-0.3, -0.25) is 0 Å². The number of pyridine rings is 1. The second kappa shape index (κ2) is 7.14. The maximum Gasteiger partial charge on any atom is 0.356 e. The zero-order valence-corrected chi connectivity index (χ0v) is 13.2. The Morgan fingerprint density at radius 1 is 1.38 bits per heavy atom. The summed E-state index contributed by atoms with van der Waals surface area (Å²) in [5.41, 5.74) is 4.50. The van der Waals surface area contributed by atoms with Gasteiger partial charge in [-0.15, -0.1) is 0 Å². The van der Waals surface area contributed by atoms with Crippen LogP contribution in [0.1, 0.15) is 10.5 Å². The molecule has 2 aromatic rings. The van der Waals surface area contributed by atoms with E-state index >= 15 is 0 Å². The number of aromatic carboxylic acids is 1. The fraction of sp³-hybridized carbons (Fsp3) is 0.143. The van der Waals surface area contributed by atoms with E-state index in [9.17, 15) is 18.0 Å². The summed E-state index contributed by atoms with van der Waals surface area (Å²) in [6.07, 6.45) is -2.83. The van der Waals surface area contributed by atoms with Crippen molar-refractivity contribution in [2.75, 3.05) is 12.3 Å². The molecule has 0 amide bonds. The molecule has 1 heterocycles. The van der Waals surface area contributed by atoms with Crippen molar-refractivity contribution in [1.82, 2.24) is 4.98 Å². The number of alkyl halides is 2. The van der Waals surface area contributed by atoms with Gasteiger partial charge in [-0.05, 0) is 18.2 Å². The van der Waals surface area contributed by atoms with Gasteiger partial charge in [0.15, 0.2) is 17.3 Å². The maximum absolute atomic E-state index is 14.5. The van der Waals surface area contributed by atoms with Gasteiger partial charge in [0.2, 0.25) is 0 Å². The summed E-state index contributed by atoms with van der Waals surface area (Å²) >= 11 is 11.5. The van der Waals surface area contributed by atoms with Crippen LogP contribution in [-0.2, 0) is 0 Å². The van der Waals surface area contributed by atoms with Crippen LogP contribution in [0.5, 0.6) is 5.75 Å². The monoisotopic (exact) mass is 380 g/mol. The molecule has 10 heteroatoms. The average molecular weight is 381 g/mol. The quantitative estimate of drug-likeness (QED) is 0.814. The SMILES string of the molecule is Nc1cc(-c2ccc(Cl)c(OCC(F)F)c2F)nc(C(=O)O)c1Cl. The lowest BCUT2D eigenvalue weighted by Crippen LogP contribution is -2.09. The molecule has 0 aliphatic carbocycles. The third-order valence-corrected chi connectivity index (χ3v) is 3.56. The Morgan fingerprint density at radius 3 is 2.62 bits per heavy atom. The van der Waals surface area contributed by atoms with Crippen LogP contribution in [0, 0.1) is 5.82 Å². The van der Waals surface area contributed by atoms with Crippen LogP contribution < -0.4 is 10.5 Å². The van der Waals surface area contributed by atoms with Crippen LogP contribution in [0.25, 0.3) is 11.3 Å². The van der Waals surface area contributed by atoms with Crippen molar-refractivity contribution in [1.29, 1.82) is 0 Å². The molecule has 0 aliphatic heterocycles. The molecular formula is C14H9Cl2F3N2O3. The number of benzene rings is 1. The van der Waals surface area contributed by atoms with Gasteiger partial charge in [-0.2, -0.15) is 0 Å². The topological polar surface area (TPSA) is 85.4 Å². The van der Waals surface area contributed by atoms with Crippen molar-refractivity contribution < 1.29 is 27.8 Å². The average Bonchev–Trinajstić information content (AvgIpc) is 2.49. The molecule has 1 aromatic carbocycles. The van der Waals surface area contributed by atoms with E-state index in [0.717, 1.165) is 6.07 Å². The molecule has 0 saturated heterocycles. The first-order chi connectivity index (χ1) is 11.2. The van der Waals surface area contributed by atoms with Gasteiger partial charge in [0.05, 0.1) is 21.4 Å². The van der Waals surface area contributed by atoms with Gasteiger partial charge in [-0.1, -0.05) is 23.2 Å². The van der Waals surface area contributed by atoms with Crippen molar-refractivity contribution >= 4 is 34.9 Å². The van der Waals surface area contributed by atoms with Gasteiger partial charge in [0, 0.05) is 5.56 Å². The van der Waals surface area contributed by atoms with E-state index in [-0.39, 0.29) is 27.0 Å². The van der Waals surface area contributed by atoms with Gasteiger partial charge < -0.3 is 15.6 Å². The van der Waals surface area contributed by atoms with Crippen LogP contribution >= 0.6 is 23.2 Å². The Kier molecular flexibility index (Phi) is 5.40. The van der Waals surface area contributed by atoms with Crippen LogP contribution in [0.3, 0.4) is 0 Å². The number of hydrogen-bond acceptors (Lipinski definition) is 4. The molecule has 0 unspecified atom stereocenters. The van der Waals surface area contributed by atoms with Crippen molar-refractivity contribution in [2.45, 2.75) is 6.43 Å². The number of anilines is 1. The standard InChI is InChI=1S/C14H9Cl2F3N2O3/c15-6-2-1-5(11(19)13(6)24-4-9(17)18)8-3-7(20)10(16)12(21-8)14(22)23/h1-3,9H,4H2,(H2,20,21)(H,22,23). The van der Waals surface area contributed by atoms with Gasteiger partial charge in [-0.25, -0.2) is 22.9 Å². The molecule has 1 aromatic heterocycles. The molecule has 0 atom stereocenters. The predicted molar refractivity (Wildman–Crippen MR) is 82.5 cm³/mol. The highest BCUT2D eigenvalue weighted by Crippen LogP contribution is 2.36. The number of aromatic nitrogens is 1. The number of carboxylic acids is 1. The van der Waals surface area contributed by atoms with Crippen LogP contribution in [0.15, 0.2) is 18.2 Å². The molecule has 3 N–H and O–H groups in total. The number of nitrogen functional groups attached to an aromatic ring is 1. The highest BCUT2D eigenvalue weighted by molar-refractivity contribution is 6.35. The lowest BCUT2D eigenvalue weighted by atomic mass is 10.1. The molecule has 0 spiro atoms. The summed E-state index contributed by atoms with van der Waals surface area (Å²) in [6, 6.07) is 3.54. The summed E-state index contributed by atoms with van der Waals surface area (Å²) < 4.78 is 43.7. The van der Waals surface area contributed by atoms with E-state index < -0.39 is 36.3 Å². The Labute approximate surface area is 143 Å². The summed E-state index contributed by atoms with van der Waals surface area (Å²) in [5.74, 6) is -3.13. The molecule has 0 bridgehead atoms. The lowest BCUT2D eigenvalue weighted by Gasteiger charge is -2.13. The van der Waals surface area contributed by atoms with Crippen molar-refractivity contribution in [3.8, 4) is 17.0 Å². The third-order valence-electron chi connectivity index (χ3n) is 2.87. The van der Waals surface area contributed by atoms with Crippen molar-refractivity contribution in [2.24, 2.45) is 0 Å². The predicted octanol–water partition coefficient (Wildman–Crippen LogP) is 4.12. The minimum Gasteiger partial charge on any atom is -0.483 e. The fourth-order valence-corrected chi connectivity index (χ4v) is 2.22. The van der Waals surface area contributed by atoms with Gasteiger partial charge >= 0.3 is 5.97 Å². The highest BCUT2D eigenvalue weighted by atomic mass is 35.5. The van der Waals surface area contributed by atoms with Gasteiger partial charge in [0.1, 0.15) is 6.61 Å². The summed E-state index contributed by atoms with van der Waals surface area (Å²) in [6.45, 7) is -1.06. The molecule has 0 saturated carbocycles. The normalized spacial score (nSPS) is 10.9. The van der Waals surface area contributed by atoms with E-state index in [0.29, 0.717) is 0 Å². The van der Waals surface area contributed by atoms with Crippen LogP contribution in [0.2, 0.25) is 10.0 Å². The minimum atomic E-state index is -2.83. The number of halogens is 5. The minimum absolute atomic E-state index is 0.136. The number of nitrogens with two attached hydrogens (primary N) is 1. The Morgan fingerprint density at radius 2 is 2.04 bits per heavy atom. The number of hydrogen-bond donors (Lipinski definition) is 2. The number of rotatable bonds is 5. The van der Waals surface area contributed by atoms with E-state index in [1.807, 2.05) is 0 Å². The summed E-state index contributed by atoms with van der Waals surface area (Å²) in [7, 11) is 0. The number of nitrogens with zero attached hydrogens (tertiary/aromatic N) is 1. The molecule has 24 heavy (non-hydrogen) atoms. The van der Waals surface area contributed by atoms with Gasteiger partial charge in [0.25, 0.3) is 6.43 Å². The largest absolute Gasteiger partial charge is 0.483 e. The Hall–Kier alpha value is -2.19. The first-order valence-electron chi connectivity index (χ1n) is 6.31. The molecule has 5 nitrogen and oxygen atoms in total. The molecule has 0 aliphatic rings. The number of ether oxygens (including phenoxy) is 1. The van der Waals surface area contributed by atoms with E-state index in [4.69, 9.17) is 34.0 Å². The molecule has 128 valence electrons. The molecule has 2 rings (SSSR count). The zero-order valence-electron chi connectivity index (χ0n) is 11.7. The second-order valence-electron chi connectivity index (χ2n) is 4.50. The highest BCUT2D eigenvalue weighted by Gasteiger charge is 2.21. The first kappa shape index (κ1) is 18.2. The summed E-state index contributed by atoms with van der Waals surface area (Å²) in [5, 5.41) is 8.53. The van der Waals surface area contributed by atoms with E-state index in [1.165, 1.54) is 12.1 Å². The summed E-state index contributed by atoms with van der Waals surface area (Å²) in [4.78, 5) is 14.8. The van der Waals surface area contributed by atoms with Crippen molar-refractivity contribution in [3.05, 3.63) is 39.8 Å². The Bertz CT molecular complexity index is 803. The number of carboxylic acid groups (broad SMARTS) is 1. The Balaban J connectivity index is 2.57. The fourth-order valence-electron chi connectivity index (χ4n) is 1.84. The third kappa shape index (κ3) is 3.65. The molecule has 0 fully saturated rings. The van der Waals surface area contributed by atoms with Crippen LogP contribution in [0.4, 0.5) is 18.9 Å². The smallest absolute Gasteiger partial charge is 0.356 e. The lowest BCUT2D eigenvalue weighted by molar-refractivity contribution is 0.0690. The zero-order chi connectivity index (χ0) is 18.0. The van der Waals surface area contributed by atoms with E-state index in [2.05, 4.69) is 9.72 Å². The van der Waals surface area contributed by atoms with Crippen molar-refractivity contribution in [3.63, 3.8) is 0 Å². The molecular weight excluding hydrogens is 372 g/mol.